The predicted molar refractivity (Wildman–Crippen MR) is 78.5 cm³/mol. The van der Waals surface area contributed by atoms with Gasteiger partial charge in [-0.05, 0) is 52.3 Å². The predicted octanol–water partition coefficient (Wildman–Crippen LogP) is 2.46. The van der Waals surface area contributed by atoms with Crippen molar-refractivity contribution in [3.05, 3.63) is 22.8 Å². The summed E-state index contributed by atoms with van der Waals surface area (Å²) >= 11 is 0. The van der Waals surface area contributed by atoms with Gasteiger partial charge in [0.25, 0.3) is 0 Å². The first kappa shape index (κ1) is 16.1. The molecule has 1 unspecified atom stereocenters. The standard InChI is InChI=1S/C15H27N3O/c1-6-13-12(9-10-16-5)14(7-2)18-15(17-13)11(4)19-8-3/h11,16H,6-10H2,1-5H3. The fourth-order valence-electron chi connectivity index (χ4n) is 2.23. The highest BCUT2D eigenvalue weighted by Gasteiger charge is 2.15. The van der Waals surface area contributed by atoms with E-state index in [2.05, 4.69) is 19.2 Å². The van der Waals surface area contributed by atoms with Crippen molar-refractivity contribution >= 4 is 0 Å². The molecule has 1 aromatic rings. The number of nitrogens with zero attached hydrogens (tertiary/aromatic N) is 2. The molecule has 108 valence electrons. The summed E-state index contributed by atoms with van der Waals surface area (Å²) in [4.78, 5) is 9.41. The molecule has 1 aromatic heterocycles. The highest BCUT2D eigenvalue weighted by molar-refractivity contribution is 5.27. The van der Waals surface area contributed by atoms with Crippen molar-refractivity contribution in [1.82, 2.24) is 15.3 Å². The van der Waals surface area contributed by atoms with E-state index in [1.807, 2.05) is 20.9 Å². The summed E-state index contributed by atoms with van der Waals surface area (Å²) in [6.07, 6.45) is 2.85. The van der Waals surface area contributed by atoms with E-state index in [0.29, 0.717) is 6.61 Å². The lowest BCUT2D eigenvalue weighted by atomic mass is 10.0. The Morgan fingerprint density at radius 1 is 1.11 bits per heavy atom. The summed E-state index contributed by atoms with van der Waals surface area (Å²) in [5, 5.41) is 3.20. The normalized spacial score (nSPS) is 12.7. The number of aromatic nitrogens is 2. The van der Waals surface area contributed by atoms with E-state index in [9.17, 15) is 0 Å². The minimum atomic E-state index is -0.0287. The molecular weight excluding hydrogens is 238 g/mol. The van der Waals surface area contributed by atoms with Crippen LogP contribution in [-0.2, 0) is 24.0 Å². The molecule has 0 aliphatic heterocycles. The van der Waals surface area contributed by atoms with Crippen LogP contribution in [0.1, 0.15) is 56.6 Å². The Morgan fingerprint density at radius 3 is 2.11 bits per heavy atom. The van der Waals surface area contributed by atoms with Crippen LogP contribution in [0.3, 0.4) is 0 Å². The maximum Gasteiger partial charge on any atom is 0.157 e. The minimum absolute atomic E-state index is 0.0287. The Labute approximate surface area is 117 Å². The molecule has 1 N–H and O–H groups in total. The fourth-order valence-corrected chi connectivity index (χ4v) is 2.23. The molecule has 0 aliphatic rings. The molecule has 19 heavy (non-hydrogen) atoms. The van der Waals surface area contributed by atoms with Gasteiger partial charge in [0, 0.05) is 18.0 Å². The molecule has 4 heteroatoms. The molecule has 0 aromatic carbocycles. The lowest BCUT2D eigenvalue weighted by Gasteiger charge is -2.17. The van der Waals surface area contributed by atoms with E-state index in [1.165, 1.54) is 17.0 Å². The minimum Gasteiger partial charge on any atom is -0.371 e. The molecule has 1 rings (SSSR count). The van der Waals surface area contributed by atoms with Crippen LogP contribution in [0.5, 0.6) is 0 Å². The van der Waals surface area contributed by atoms with Crippen LogP contribution in [0, 0.1) is 0 Å². The lowest BCUT2D eigenvalue weighted by Crippen LogP contribution is -2.17. The van der Waals surface area contributed by atoms with E-state index >= 15 is 0 Å². The Bertz CT molecular complexity index is 368. The Balaban J connectivity index is 3.11. The third-order valence-corrected chi connectivity index (χ3v) is 3.27. The van der Waals surface area contributed by atoms with E-state index in [0.717, 1.165) is 31.6 Å². The largest absolute Gasteiger partial charge is 0.371 e. The molecule has 0 radical (unpaired) electrons. The molecule has 0 saturated carbocycles. The monoisotopic (exact) mass is 265 g/mol. The molecule has 0 fully saturated rings. The number of ether oxygens (including phenoxy) is 1. The third-order valence-electron chi connectivity index (χ3n) is 3.27. The van der Waals surface area contributed by atoms with Crippen LogP contribution in [-0.4, -0.2) is 30.2 Å². The van der Waals surface area contributed by atoms with Gasteiger partial charge in [0.2, 0.25) is 0 Å². The fraction of sp³-hybridized carbons (Fsp3) is 0.733. The molecule has 1 atom stereocenters. The summed E-state index contributed by atoms with van der Waals surface area (Å²) in [7, 11) is 1.98. The van der Waals surface area contributed by atoms with Gasteiger partial charge in [0.05, 0.1) is 0 Å². The quantitative estimate of drug-likeness (QED) is 0.784. The van der Waals surface area contributed by atoms with Crippen LogP contribution >= 0.6 is 0 Å². The van der Waals surface area contributed by atoms with Crippen LogP contribution in [0.15, 0.2) is 0 Å². The van der Waals surface area contributed by atoms with E-state index in [-0.39, 0.29) is 6.10 Å². The third kappa shape index (κ3) is 4.25. The number of likely N-dealkylation sites (N-methyl/N-ethyl adjacent to an activating group) is 1. The highest BCUT2D eigenvalue weighted by Crippen LogP contribution is 2.19. The van der Waals surface area contributed by atoms with Gasteiger partial charge in [-0.25, -0.2) is 9.97 Å². The van der Waals surface area contributed by atoms with Crippen molar-refractivity contribution < 1.29 is 4.74 Å². The maximum absolute atomic E-state index is 5.61. The molecule has 0 spiro atoms. The summed E-state index contributed by atoms with van der Waals surface area (Å²) in [5.74, 6) is 0.823. The van der Waals surface area contributed by atoms with Crippen molar-refractivity contribution in [2.24, 2.45) is 0 Å². The second kappa shape index (κ2) is 8.23. The number of rotatable bonds is 8. The summed E-state index contributed by atoms with van der Waals surface area (Å²) < 4.78 is 5.61. The number of hydrogen-bond acceptors (Lipinski definition) is 4. The highest BCUT2D eigenvalue weighted by atomic mass is 16.5. The van der Waals surface area contributed by atoms with Crippen LogP contribution in [0.25, 0.3) is 0 Å². The number of hydrogen-bond donors (Lipinski definition) is 1. The molecule has 1 heterocycles. The van der Waals surface area contributed by atoms with Crippen LogP contribution in [0.4, 0.5) is 0 Å². The van der Waals surface area contributed by atoms with Gasteiger partial charge in [-0.1, -0.05) is 13.8 Å². The molecule has 0 aliphatic carbocycles. The van der Waals surface area contributed by atoms with Crippen molar-refractivity contribution in [1.29, 1.82) is 0 Å². The van der Waals surface area contributed by atoms with Crippen molar-refractivity contribution in [3.63, 3.8) is 0 Å². The van der Waals surface area contributed by atoms with Crippen molar-refractivity contribution in [3.8, 4) is 0 Å². The number of nitrogens with one attached hydrogen (secondary N) is 1. The number of aryl methyl sites for hydroxylation is 2. The first-order chi connectivity index (χ1) is 9.17. The zero-order chi connectivity index (χ0) is 14.3. The Morgan fingerprint density at radius 2 is 1.68 bits per heavy atom. The van der Waals surface area contributed by atoms with Gasteiger partial charge >= 0.3 is 0 Å². The van der Waals surface area contributed by atoms with Gasteiger partial charge < -0.3 is 10.1 Å². The van der Waals surface area contributed by atoms with E-state index in [1.54, 1.807) is 0 Å². The maximum atomic E-state index is 5.61. The molecule has 0 saturated heterocycles. The van der Waals surface area contributed by atoms with E-state index in [4.69, 9.17) is 14.7 Å². The Hall–Kier alpha value is -1.00. The van der Waals surface area contributed by atoms with Crippen LogP contribution in [0.2, 0.25) is 0 Å². The first-order valence-corrected chi connectivity index (χ1v) is 7.32. The second-order valence-corrected chi connectivity index (χ2v) is 4.61. The smallest absolute Gasteiger partial charge is 0.157 e. The van der Waals surface area contributed by atoms with E-state index < -0.39 is 0 Å². The average molecular weight is 265 g/mol. The van der Waals surface area contributed by atoms with Gasteiger partial charge in [-0.3, -0.25) is 0 Å². The summed E-state index contributed by atoms with van der Waals surface area (Å²) in [5.41, 5.74) is 3.65. The summed E-state index contributed by atoms with van der Waals surface area (Å²) in [6.45, 7) is 9.97. The van der Waals surface area contributed by atoms with Gasteiger partial charge in [-0.15, -0.1) is 0 Å². The average Bonchev–Trinajstić information content (AvgIpc) is 2.44. The van der Waals surface area contributed by atoms with Crippen molar-refractivity contribution in [2.75, 3.05) is 20.2 Å². The molecule has 0 bridgehead atoms. The molecular formula is C15H27N3O. The van der Waals surface area contributed by atoms with Gasteiger partial charge in [0.1, 0.15) is 6.10 Å². The zero-order valence-corrected chi connectivity index (χ0v) is 12.9. The molecule has 0 amide bonds. The van der Waals surface area contributed by atoms with Gasteiger partial charge in [-0.2, -0.15) is 0 Å². The Kier molecular flexibility index (Phi) is 6.95. The summed E-state index contributed by atoms with van der Waals surface area (Å²) in [6, 6.07) is 0. The lowest BCUT2D eigenvalue weighted by molar-refractivity contribution is 0.0697. The second-order valence-electron chi connectivity index (χ2n) is 4.61. The first-order valence-electron chi connectivity index (χ1n) is 7.32. The van der Waals surface area contributed by atoms with Gasteiger partial charge in [0.15, 0.2) is 5.82 Å². The van der Waals surface area contributed by atoms with Crippen molar-refractivity contribution in [2.45, 2.75) is 53.1 Å². The molecule has 4 nitrogen and oxygen atoms in total. The topological polar surface area (TPSA) is 47.0 Å². The SMILES string of the molecule is CCOC(C)c1nc(CC)c(CCNC)c(CC)n1. The zero-order valence-electron chi connectivity index (χ0n) is 12.9. The van der Waals surface area contributed by atoms with Crippen LogP contribution < -0.4 is 5.32 Å².